The Morgan fingerprint density at radius 1 is 0.917 bits per heavy atom. The van der Waals surface area contributed by atoms with E-state index >= 15 is 0 Å². The van der Waals surface area contributed by atoms with E-state index in [4.69, 9.17) is 5.73 Å². The first kappa shape index (κ1) is 15.8. The molecule has 0 atom stereocenters. The Kier molecular flexibility index (Phi) is 4.62. The highest BCUT2D eigenvalue weighted by Crippen LogP contribution is 2.20. The van der Waals surface area contributed by atoms with E-state index < -0.39 is 0 Å². The molecule has 120 valence electrons. The molecule has 3 nitrogen and oxygen atoms in total. The van der Waals surface area contributed by atoms with E-state index in [2.05, 4.69) is 48.6 Å². The zero-order valence-electron chi connectivity index (χ0n) is 13.6. The van der Waals surface area contributed by atoms with E-state index in [1.807, 2.05) is 12.1 Å². The smallest absolute Gasteiger partial charge is 0.251 e. The monoisotopic (exact) mass is 316 g/mol. The first-order valence-corrected chi connectivity index (χ1v) is 7.91. The molecular weight excluding hydrogens is 296 g/mol. The topological polar surface area (TPSA) is 55.1 Å². The predicted octanol–water partition coefficient (Wildman–Crippen LogP) is 4.17. The van der Waals surface area contributed by atoms with Gasteiger partial charge in [0.1, 0.15) is 0 Å². The fourth-order valence-electron chi connectivity index (χ4n) is 2.53. The normalized spacial score (nSPS) is 10.4. The third kappa shape index (κ3) is 3.82. The Balaban J connectivity index is 1.64. The van der Waals surface area contributed by atoms with Crippen molar-refractivity contribution in [2.75, 3.05) is 5.73 Å². The van der Waals surface area contributed by atoms with Crippen LogP contribution in [0.3, 0.4) is 0 Å². The third-order valence-electron chi connectivity index (χ3n) is 3.94. The van der Waals surface area contributed by atoms with Crippen molar-refractivity contribution in [3.05, 3.63) is 89.5 Å². The largest absolute Gasteiger partial charge is 0.399 e. The minimum Gasteiger partial charge on any atom is -0.399 e. The Labute approximate surface area is 142 Å². The Hall–Kier alpha value is -3.07. The molecule has 0 aliphatic rings. The van der Waals surface area contributed by atoms with Crippen LogP contribution in [0.2, 0.25) is 0 Å². The number of hydrogen-bond acceptors (Lipinski definition) is 2. The van der Waals surface area contributed by atoms with E-state index in [0.717, 1.165) is 5.56 Å². The van der Waals surface area contributed by atoms with Crippen LogP contribution in [0.15, 0.2) is 72.8 Å². The molecule has 0 radical (unpaired) electrons. The first-order chi connectivity index (χ1) is 11.6. The van der Waals surface area contributed by atoms with Gasteiger partial charge >= 0.3 is 0 Å². The zero-order valence-corrected chi connectivity index (χ0v) is 13.6. The van der Waals surface area contributed by atoms with E-state index in [-0.39, 0.29) is 5.91 Å². The molecule has 0 aliphatic heterocycles. The van der Waals surface area contributed by atoms with Crippen LogP contribution in [0.4, 0.5) is 5.69 Å². The summed E-state index contributed by atoms with van der Waals surface area (Å²) in [4.78, 5) is 12.1. The molecule has 3 rings (SSSR count). The number of rotatable bonds is 4. The number of nitrogen functional groups attached to an aromatic ring is 1. The van der Waals surface area contributed by atoms with Crippen LogP contribution in [-0.2, 0) is 6.54 Å². The molecule has 0 spiro atoms. The number of aryl methyl sites for hydroxylation is 1. The molecule has 0 aromatic heterocycles. The number of nitrogens with one attached hydrogen (secondary N) is 1. The highest BCUT2D eigenvalue weighted by molar-refractivity contribution is 5.94. The second-order valence-electron chi connectivity index (χ2n) is 5.87. The molecule has 3 aromatic carbocycles. The van der Waals surface area contributed by atoms with Gasteiger partial charge in [0.15, 0.2) is 0 Å². The van der Waals surface area contributed by atoms with Gasteiger partial charge in [-0.15, -0.1) is 0 Å². The van der Waals surface area contributed by atoms with E-state index in [0.29, 0.717) is 17.8 Å². The lowest BCUT2D eigenvalue weighted by Gasteiger charge is -2.08. The maximum atomic E-state index is 12.1. The average Bonchev–Trinajstić information content (AvgIpc) is 2.61. The minimum atomic E-state index is -0.120. The summed E-state index contributed by atoms with van der Waals surface area (Å²) in [7, 11) is 0. The Morgan fingerprint density at radius 3 is 2.17 bits per heavy atom. The number of hydrogen-bond donors (Lipinski definition) is 2. The number of benzene rings is 3. The molecule has 3 aromatic rings. The number of anilines is 1. The molecule has 0 saturated heterocycles. The average molecular weight is 316 g/mol. The zero-order chi connectivity index (χ0) is 16.9. The van der Waals surface area contributed by atoms with Crippen molar-refractivity contribution in [3.63, 3.8) is 0 Å². The van der Waals surface area contributed by atoms with Crippen molar-refractivity contribution >= 4 is 11.6 Å². The standard InChI is InChI=1S/C21H20N2O/c1-15-5-9-17(10-6-15)18-11-7-16(8-12-18)14-23-21(24)19-3-2-4-20(22)13-19/h2-13H,14,22H2,1H3,(H,23,24). The third-order valence-corrected chi connectivity index (χ3v) is 3.94. The van der Waals surface area contributed by atoms with Gasteiger partial charge in [-0.25, -0.2) is 0 Å². The minimum absolute atomic E-state index is 0.120. The van der Waals surface area contributed by atoms with Gasteiger partial charge < -0.3 is 11.1 Å². The molecule has 3 heteroatoms. The number of nitrogens with two attached hydrogens (primary N) is 1. The summed E-state index contributed by atoms with van der Waals surface area (Å²) in [6, 6.07) is 23.6. The van der Waals surface area contributed by atoms with Gasteiger partial charge in [0.05, 0.1) is 0 Å². The number of carbonyl (C=O) groups is 1. The highest BCUT2D eigenvalue weighted by Gasteiger charge is 2.05. The Bertz CT molecular complexity index is 836. The molecule has 24 heavy (non-hydrogen) atoms. The van der Waals surface area contributed by atoms with Gasteiger partial charge in [-0.1, -0.05) is 60.2 Å². The van der Waals surface area contributed by atoms with Gasteiger partial charge in [-0.3, -0.25) is 4.79 Å². The van der Waals surface area contributed by atoms with Gasteiger partial charge in [0.2, 0.25) is 0 Å². The highest BCUT2D eigenvalue weighted by atomic mass is 16.1. The van der Waals surface area contributed by atoms with Crippen LogP contribution in [0, 0.1) is 6.92 Å². The summed E-state index contributed by atoms with van der Waals surface area (Å²) in [5.41, 5.74) is 11.5. The quantitative estimate of drug-likeness (QED) is 0.710. The van der Waals surface area contributed by atoms with Gasteiger partial charge in [0, 0.05) is 17.8 Å². The van der Waals surface area contributed by atoms with Crippen molar-refractivity contribution in [2.24, 2.45) is 0 Å². The van der Waals surface area contributed by atoms with Gasteiger partial charge in [-0.2, -0.15) is 0 Å². The fraction of sp³-hybridized carbons (Fsp3) is 0.0952. The predicted molar refractivity (Wildman–Crippen MR) is 98.6 cm³/mol. The first-order valence-electron chi connectivity index (χ1n) is 7.91. The molecular formula is C21H20N2O. The lowest BCUT2D eigenvalue weighted by Crippen LogP contribution is -2.22. The van der Waals surface area contributed by atoms with Crippen molar-refractivity contribution in [1.82, 2.24) is 5.32 Å². The number of carbonyl (C=O) groups excluding carboxylic acids is 1. The molecule has 0 unspecified atom stereocenters. The van der Waals surface area contributed by atoms with E-state index in [1.54, 1.807) is 24.3 Å². The second kappa shape index (κ2) is 7.01. The molecule has 3 N–H and O–H groups in total. The van der Waals surface area contributed by atoms with Crippen LogP contribution in [-0.4, -0.2) is 5.91 Å². The van der Waals surface area contributed by atoms with Crippen molar-refractivity contribution < 1.29 is 4.79 Å². The lowest BCUT2D eigenvalue weighted by molar-refractivity contribution is 0.0951. The molecule has 0 saturated carbocycles. The van der Waals surface area contributed by atoms with Crippen molar-refractivity contribution in [2.45, 2.75) is 13.5 Å². The molecule has 0 heterocycles. The SMILES string of the molecule is Cc1ccc(-c2ccc(CNC(=O)c3cccc(N)c3)cc2)cc1. The van der Waals surface area contributed by atoms with Gasteiger partial charge in [-0.05, 0) is 41.8 Å². The summed E-state index contributed by atoms with van der Waals surface area (Å²) < 4.78 is 0. The summed E-state index contributed by atoms with van der Waals surface area (Å²) in [6.07, 6.45) is 0. The molecule has 0 fully saturated rings. The summed E-state index contributed by atoms with van der Waals surface area (Å²) in [6.45, 7) is 2.57. The van der Waals surface area contributed by atoms with Crippen LogP contribution in [0.25, 0.3) is 11.1 Å². The van der Waals surface area contributed by atoms with Crippen molar-refractivity contribution in [1.29, 1.82) is 0 Å². The maximum Gasteiger partial charge on any atom is 0.251 e. The summed E-state index contributed by atoms with van der Waals surface area (Å²) in [5.74, 6) is -0.120. The summed E-state index contributed by atoms with van der Waals surface area (Å²) >= 11 is 0. The number of amides is 1. The maximum absolute atomic E-state index is 12.1. The van der Waals surface area contributed by atoms with Crippen LogP contribution < -0.4 is 11.1 Å². The lowest BCUT2D eigenvalue weighted by atomic mass is 10.0. The molecule has 0 aliphatic carbocycles. The van der Waals surface area contributed by atoms with E-state index in [9.17, 15) is 4.79 Å². The summed E-state index contributed by atoms with van der Waals surface area (Å²) in [5, 5.41) is 2.91. The Morgan fingerprint density at radius 2 is 1.54 bits per heavy atom. The fourth-order valence-corrected chi connectivity index (χ4v) is 2.53. The molecule has 0 bridgehead atoms. The second-order valence-corrected chi connectivity index (χ2v) is 5.87. The van der Waals surface area contributed by atoms with Crippen molar-refractivity contribution in [3.8, 4) is 11.1 Å². The molecule has 1 amide bonds. The van der Waals surface area contributed by atoms with Crippen LogP contribution in [0.5, 0.6) is 0 Å². The van der Waals surface area contributed by atoms with Crippen LogP contribution in [0.1, 0.15) is 21.5 Å². The van der Waals surface area contributed by atoms with E-state index in [1.165, 1.54) is 16.7 Å². The van der Waals surface area contributed by atoms with Gasteiger partial charge in [0.25, 0.3) is 5.91 Å². The van der Waals surface area contributed by atoms with Crippen LogP contribution >= 0.6 is 0 Å².